The van der Waals surface area contributed by atoms with Crippen LogP contribution < -0.4 is 0 Å². The fraction of sp³-hybridized carbons (Fsp3) is 0.400. The molecular weight excluding hydrogens is 286 g/mol. The van der Waals surface area contributed by atoms with Gasteiger partial charge in [-0.1, -0.05) is 24.3 Å². The second-order valence-corrected chi connectivity index (χ2v) is 6.63. The molecule has 1 N–H and O–H groups in total. The number of fused-ring (bicyclic) bond motifs is 2. The Hall–Kier alpha value is -1.84. The topological polar surface area (TPSA) is 32.7 Å². The van der Waals surface area contributed by atoms with Crippen molar-refractivity contribution in [3.05, 3.63) is 64.2 Å². The van der Waals surface area contributed by atoms with Crippen LogP contribution in [-0.2, 0) is 37.2 Å². The third-order valence-corrected chi connectivity index (χ3v) is 5.03. The quantitative estimate of drug-likeness (QED) is 0.925. The van der Waals surface area contributed by atoms with Crippen LogP contribution in [0.15, 0.2) is 36.4 Å². The summed E-state index contributed by atoms with van der Waals surface area (Å²) in [5, 5.41) is 9.67. The molecule has 4 rings (SSSR count). The van der Waals surface area contributed by atoms with Crippen molar-refractivity contribution in [2.75, 3.05) is 19.7 Å². The van der Waals surface area contributed by atoms with E-state index in [1.165, 1.54) is 27.8 Å². The van der Waals surface area contributed by atoms with E-state index in [0.29, 0.717) is 5.75 Å². The highest BCUT2D eigenvalue weighted by Crippen LogP contribution is 2.23. The summed E-state index contributed by atoms with van der Waals surface area (Å²) in [6.45, 7) is 4.75. The van der Waals surface area contributed by atoms with Gasteiger partial charge in [-0.2, -0.15) is 0 Å². The zero-order valence-corrected chi connectivity index (χ0v) is 13.4. The minimum Gasteiger partial charge on any atom is -0.508 e. The lowest BCUT2D eigenvalue weighted by molar-refractivity contribution is 0.110. The van der Waals surface area contributed by atoms with Gasteiger partial charge in [-0.25, -0.2) is 0 Å². The number of phenols is 1. The van der Waals surface area contributed by atoms with Crippen molar-refractivity contribution in [3.8, 4) is 5.75 Å². The number of hydrogen-bond donors (Lipinski definition) is 1. The van der Waals surface area contributed by atoms with Crippen LogP contribution in [0.5, 0.6) is 5.75 Å². The number of nitrogens with zero attached hydrogens (tertiary/aromatic N) is 1. The minimum atomic E-state index is 0.383. The van der Waals surface area contributed by atoms with Gasteiger partial charge >= 0.3 is 0 Å². The van der Waals surface area contributed by atoms with E-state index in [2.05, 4.69) is 29.2 Å². The SMILES string of the molecule is Oc1ccc2c(c1)CCN(Cc1ccc3c(c1)CCOC3)CC2. The molecular formula is C20H23NO2. The van der Waals surface area contributed by atoms with E-state index in [9.17, 15) is 5.11 Å². The Labute approximate surface area is 137 Å². The highest BCUT2D eigenvalue weighted by Gasteiger charge is 2.16. The third kappa shape index (κ3) is 3.26. The summed E-state index contributed by atoms with van der Waals surface area (Å²) in [6, 6.07) is 12.7. The molecule has 0 aromatic heterocycles. The molecule has 0 spiro atoms. The zero-order chi connectivity index (χ0) is 15.6. The predicted octanol–water partition coefficient (Wildman–Crippen LogP) is 3.07. The van der Waals surface area contributed by atoms with Crippen molar-refractivity contribution in [1.29, 1.82) is 0 Å². The van der Waals surface area contributed by atoms with Crippen molar-refractivity contribution in [2.24, 2.45) is 0 Å². The molecule has 0 saturated carbocycles. The van der Waals surface area contributed by atoms with Gasteiger partial charge in [0.05, 0.1) is 13.2 Å². The molecule has 2 aliphatic heterocycles. The van der Waals surface area contributed by atoms with Gasteiger partial charge in [-0.15, -0.1) is 0 Å². The Morgan fingerprint density at radius 3 is 2.57 bits per heavy atom. The van der Waals surface area contributed by atoms with Crippen LogP contribution in [0.4, 0.5) is 0 Å². The number of benzene rings is 2. The first kappa shape index (κ1) is 14.7. The summed E-state index contributed by atoms with van der Waals surface area (Å²) in [5.41, 5.74) is 6.89. The molecule has 120 valence electrons. The highest BCUT2D eigenvalue weighted by molar-refractivity contribution is 5.36. The Bertz CT molecular complexity index is 711. The summed E-state index contributed by atoms with van der Waals surface area (Å²) < 4.78 is 5.52. The monoisotopic (exact) mass is 309 g/mol. The standard InChI is InChI=1S/C20H23NO2/c22-20-4-3-16-5-8-21(9-6-17(16)12-20)13-15-1-2-19-14-23-10-7-18(19)11-15/h1-4,11-12,22H,5-10,13-14H2. The van der Waals surface area contributed by atoms with Crippen LogP contribution in [0, 0.1) is 0 Å². The van der Waals surface area contributed by atoms with Crippen molar-refractivity contribution in [3.63, 3.8) is 0 Å². The van der Waals surface area contributed by atoms with Gasteiger partial charge in [0.25, 0.3) is 0 Å². The molecule has 0 fully saturated rings. The first-order valence-corrected chi connectivity index (χ1v) is 8.49. The molecule has 2 aromatic carbocycles. The maximum atomic E-state index is 9.67. The van der Waals surface area contributed by atoms with Gasteiger partial charge in [0.2, 0.25) is 0 Å². The Morgan fingerprint density at radius 1 is 0.870 bits per heavy atom. The van der Waals surface area contributed by atoms with Gasteiger partial charge in [0.1, 0.15) is 5.75 Å². The second-order valence-electron chi connectivity index (χ2n) is 6.63. The van der Waals surface area contributed by atoms with Gasteiger partial charge in [0.15, 0.2) is 0 Å². The summed E-state index contributed by atoms with van der Waals surface area (Å²) >= 11 is 0. The van der Waals surface area contributed by atoms with Crippen LogP contribution in [0.1, 0.15) is 27.8 Å². The molecule has 3 heteroatoms. The maximum Gasteiger partial charge on any atom is 0.115 e. The van der Waals surface area contributed by atoms with Crippen molar-refractivity contribution < 1.29 is 9.84 Å². The largest absolute Gasteiger partial charge is 0.508 e. The molecule has 0 amide bonds. The van der Waals surface area contributed by atoms with Crippen LogP contribution in [0.25, 0.3) is 0 Å². The molecule has 0 radical (unpaired) electrons. The van der Waals surface area contributed by atoms with Crippen LogP contribution in [0.2, 0.25) is 0 Å². The molecule has 23 heavy (non-hydrogen) atoms. The molecule has 0 atom stereocenters. The lowest BCUT2D eigenvalue weighted by Gasteiger charge is -2.22. The smallest absolute Gasteiger partial charge is 0.115 e. The Morgan fingerprint density at radius 2 is 1.65 bits per heavy atom. The van der Waals surface area contributed by atoms with E-state index in [-0.39, 0.29) is 0 Å². The highest BCUT2D eigenvalue weighted by atomic mass is 16.5. The van der Waals surface area contributed by atoms with Crippen molar-refractivity contribution >= 4 is 0 Å². The summed E-state index contributed by atoms with van der Waals surface area (Å²) in [6.07, 6.45) is 3.12. The van der Waals surface area contributed by atoms with Gasteiger partial charge in [-0.3, -0.25) is 4.90 Å². The Balaban J connectivity index is 1.46. The fourth-order valence-corrected chi connectivity index (χ4v) is 3.69. The minimum absolute atomic E-state index is 0.383. The van der Waals surface area contributed by atoms with E-state index in [1.54, 1.807) is 6.07 Å². The number of aromatic hydroxyl groups is 1. The van der Waals surface area contributed by atoms with Crippen molar-refractivity contribution in [1.82, 2.24) is 4.90 Å². The van der Waals surface area contributed by atoms with E-state index < -0.39 is 0 Å². The van der Waals surface area contributed by atoms with E-state index in [0.717, 1.165) is 52.1 Å². The second kappa shape index (κ2) is 6.34. The summed E-state index contributed by atoms with van der Waals surface area (Å²) in [4.78, 5) is 2.53. The van der Waals surface area contributed by atoms with E-state index in [1.807, 2.05) is 6.07 Å². The van der Waals surface area contributed by atoms with Crippen LogP contribution >= 0.6 is 0 Å². The van der Waals surface area contributed by atoms with Gasteiger partial charge < -0.3 is 9.84 Å². The lowest BCUT2D eigenvalue weighted by atomic mass is 10.00. The average molecular weight is 309 g/mol. The zero-order valence-electron chi connectivity index (χ0n) is 13.4. The number of hydrogen-bond acceptors (Lipinski definition) is 3. The molecule has 2 heterocycles. The van der Waals surface area contributed by atoms with Crippen LogP contribution in [-0.4, -0.2) is 29.7 Å². The normalized spacial score (nSPS) is 18.1. The van der Waals surface area contributed by atoms with E-state index >= 15 is 0 Å². The fourth-order valence-electron chi connectivity index (χ4n) is 3.69. The first-order chi connectivity index (χ1) is 11.3. The average Bonchev–Trinajstić information content (AvgIpc) is 2.77. The maximum absolute atomic E-state index is 9.67. The molecule has 0 bridgehead atoms. The molecule has 0 saturated heterocycles. The predicted molar refractivity (Wildman–Crippen MR) is 90.6 cm³/mol. The number of rotatable bonds is 2. The Kier molecular flexibility index (Phi) is 4.06. The number of phenolic OH excluding ortho intramolecular Hbond substituents is 1. The van der Waals surface area contributed by atoms with Crippen LogP contribution in [0.3, 0.4) is 0 Å². The number of ether oxygens (including phenoxy) is 1. The van der Waals surface area contributed by atoms with Crippen molar-refractivity contribution in [2.45, 2.75) is 32.4 Å². The summed E-state index contributed by atoms with van der Waals surface area (Å²) in [5.74, 6) is 0.383. The molecule has 0 unspecified atom stereocenters. The van der Waals surface area contributed by atoms with Gasteiger partial charge in [-0.05, 0) is 59.2 Å². The third-order valence-electron chi connectivity index (χ3n) is 5.03. The molecule has 3 nitrogen and oxygen atoms in total. The molecule has 2 aromatic rings. The summed E-state index contributed by atoms with van der Waals surface area (Å²) in [7, 11) is 0. The first-order valence-electron chi connectivity index (χ1n) is 8.49. The van der Waals surface area contributed by atoms with Gasteiger partial charge in [0, 0.05) is 19.6 Å². The molecule has 0 aliphatic carbocycles. The molecule has 2 aliphatic rings. The lowest BCUT2D eigenvalue weighted by Crippen LogP contribution is -2.26. The van der Waals surface area contributed by atoms with E-state index in [4.69, 9.17) is 4.74 Å².